The van der Waals surface area contributed by atoms with Gasteiger partial charge in [0.15, 0.2) is 0 Å². The van der Waals surface area contributed by atoms with Gasteiger partial charge in [-0.25, -0.2) is 9.97 Å². The normalized spacial score (nSPS) is 14.0. The fourth-order valence-corrected chi connectivity index (χ4v) is 3.71. The predicted octanol–water partition coefficient (Wildman–Crippen LogP) is 4.19. The van der Waals surface area contributed by atoms with Crippen molar-refractivity contribution >= 4 is 40.1 Å². The number of nitrogen functional groups attached to an aromatic ring is 1. The van der Waals surface area contributed by atoms with Gasteiger partial charge in [-0.3, -0.25) is 10.1 Å². The summed E-state index contributed by atoms with van der Waals surface area (Å²) in [6.45, 7) is 3.55. The lowest BCUT2D eigenvalue weighted by Gasteiger charge is -2.18. The first-order chi connectivity index (χ1) is 15.7. The quantitative estimate of drug-likeness (QED) is 0.474. The first kappa shape index (κ1) is 22.6. The van der Waals surface area contributed by atoms with Crippen LogP contribution in [0.4, 0.5) is 36.4 Å². The van der Waals surface area contributed by atoms with Crippen LogP contribution in [-0.4, -0.2) is 33.9 Å². The Morgan fingerprint density at radius 3 is 2.61 bits per heavy atom. The van der Waals surface area contributed by atoms with Crippen LogP contribution in [0.15, 0.2) is 30.5 Å². The van der Waals surface area contributed by atoms with Gasteiger partial charge in [-0.15, -0.1) is 0 Å². The second kappa shape index (κ2) is 9.08. The van der Waals surface area contributed by atoms with Crippen molar-refractivity contribution in [3.63, 3.8) is 0 Å². The van der Waals surface area contributed by atoms with Crippen molar-refractivity contribution in [3.8, 4) is 0 Å². The largest absolute Gasteiger partial charge is 0.416 e. The van der Waals surface area contributed by atoms with E-state index >= 15 is 0 Å². The summed E-state index contributed by atoms with van der Waals surface area (Å²) in [7, 11) is 0. The fraction of sp³-hybridized carbons (Fsp3) is 0.364. The number of aromatic nitrogens is 3. The van der Waals surface area contributed by atoms with E-state index in [9.17, 15) is 18.0 Å². The lowest BCUT2D eigenvalue weighted by Crippen LogP contribution is -2.19. The van der Waals surface area contributed by atoms with Gasteiger partial charge in [0, 0.05) is 37.1 Å². The van der Waals surface area contributed by atoms with Gasteiger partial charge >= 0.3 is 6.18 Å². The van der Waals surface area contributed by atoms with E-state index in [1.165, 1.54) is 6.07 Å². The minimum absolute atomic E-state index is 0.0191. The lowest BCUT2D eigenvalue weighted by molar-refractivity contribution is -0.137. The van der Waals surface area contributed by atoms with Gasteiger partial charge in [0.2, 0.25) is 11.9 Å². The highest BCUT2D eigenvalue weighted by Crippen LogP contribution is 2.32. The first-order valence-electron chi connectivity index (χ1n) is 10.7. The molecular weight excluding hydrogens is 435 g/mol. The molecule has 0 spiro atoms. The van der Waals surface area contributed by atoms with Crippen LogP contribution >= 0.6 is 0 Å². The molecule has 4 N–H and O–H groups in total. The van der Waals surface area contributed by atoms with E-state index < -0.39 is 11.7 Å². The van der Waals surface area contributed by atoms with Crippen LogP contribution in [0, 0.1) is 0 Å². The zero-order valence-corrected chi connectivity index (χ0v) is 18.0. The van der Waals surface area contributed by atoms with E-state index in [4.69, 9.17) is 5.73 Å². The number of benzene rings is 1. The molecule has 1 amide bonds. The van der Waals surface area contributed by atoms with Crippen LogP contribution in [0.5, 0.6) is 0 Å². The molecule has 1 aromatic carbocycles. The van der Waals surface area contributed by atoms with Crippen molar-refractivity contribution in [3.05, 3.63) is 41.6 Å². The number of rotatable bonds is 6. The highest BCUT2D eigenvalue weighted by molar-refractivity contribution is 5.94. The second-order valence-corrected chi connectivity index (χ2v) is 7.87. The average Bonchev–Trinajstić information content (AvgIpc) is 3.31. The Balaban J connectivity index is 1.69. The summed E-state index contributed by atoms with van der Waals surface area (Å²) < 4.78 is 39.5. The van der Waals surface area contributed by atoms with Crippen molar-refractivity contribution in [1.29, 1.82) is 0 Å². The van der Waals surface area contributed by atoms with Crippen LogP contribution in [0.1, 0.15) is 37.3 Å². The van der Waals surface area contributed by atoms with Gasteiger partial charge in [-0.1, -0.05) is 6.92 Å². The van der Waals surface area contributed by atoms with Crippen LogP contribution in [0.25, 0.3) is 10.9 Å². The molecule has 1 aliphatic rings. The van der Waals surface area contributed by atoms with Crippen molar-refractivity contribution in [2.45, 2.75) is 38.9 Å². The van der Waals surface area contributed by atoms with Gasteiger partial charge in [-0.05, 0) is 42.7 Å². The van der Waals surface area contributed by atoms with Gasteiger partial charge in [0.1, 0.15) is 11.6 Å². The minimum Gasteiger partial charge on any atom is -0.399 e. The summed E-state index contributed by atoms with van der Waals surface area (Å²) >= 11 is 0. The number of alkyl halides is 3. The summed E-state index contributed by atoms with van der Waals surface area (Å²) in [5.74, 6) is 0.995. The number of anilines is 4. The number of fused-ring (bicyclic) bond motifs is 1. The van der Waals surface area contributed by atoms with E-state index in [0.717, 1.165) is 43.9 Å². The predicted molar refractivity (Wildman–Crippen MR) is 121 cm³/mol. The number of carbonyl (C=O) groups is 1. The molecule has 174 valence electrons. The number of pyridine rings is 1. The molecule has 1 saturated heterocycles. The van der Waals surface area contributed by atoms with Crippen molar-refractivity contribution in [2.75, 3.05) is 34.4 Å². The van der Waals surface area contributed by atoms with Crippen LogP contribution in [0.3, 0.4) is 0 Å². The fourth-order valence-electron chi connectivity index (χ4n) is 3.71. The third-order valence-electron chi connectivity index (χ3n) is 5.37. The number of nitrogens with two attached hydrogens (primary N) is 1. The Bertz CT molecular complexity index is 1180. The summed E-state index contributed by atoms with van der Waals surface area (Å²) in [6, 6.07) is 5.28. The Morgan fingerprint density at radius 2 is 1.91 bits per heavy atom. The van der Waals surface area contributed by atoms with Crippen LogP contribution < -0.4 is 21.3 Å². The molecule has 33 heavy (non-hydrogen) atoms. The molecule has 1 aliphatic heterocycles. The van der Waals surface area contributed by atoms with Gasteiger partial charge in [0.05, 0.1) is 17.3 Å². The standard InChI is InChI=1S/C22H24F3N7O/c1-2-19(33)30-21-29-17-12-27-18(32-5-3-4-6-32)10-16(17)20(31-21)28-11-13-7-14(22(23,24)25)9-15(26)8-13/h7-10,12H,2-6,11,26H2,1H3,(H2,28,29,30,31,33). The summed E-state index contributed by atoms with van der Waals surface area (Å²) in [5, 5.41) is 6.36. The molecule has 4 rings (SSSR count). The molecule has 3 heterocycles. The molecular formula is C22H24F3N7O. The van der Waals surface area contributed by atoms with E-state index in [0.29, 0.717) is 22.3 Å². The summed E-state index contributed by atoms with van der Waals surface area (Å²) in [4.78, 5) is 27.3. The molecule has 11 heteroatoms. The molecule has 0 aliphatic carbocycles. The summed E-state index contributed by atoms with van der Waals surface area (Å²) in [6.07, 6.45) is -0.472. The number of nitrogens with one attached hydrogen (secondary N) is 2. The van der Waals surface area contributed by atoms with E-state index in [2.05, 4.69) is 30.5 Å². The van der Waals surface area contributed by atoms with E-state index in [1.807, 2.05) is 6.07 Å². The molecule has 0 saturated carbocycles. The second-order valence-electron chi connectivity index (χ2n) is 7.87. The maximum absolute atomic E-state index is 13.2. The Labute approximate surface area is 188 Å². The Kier molecular flexibility index (Phi) is 6.21. The number of nitrogens with zero attached hydrogens (tertiary/aromatic N) is 4. The number of hydrogen-bond acceptors (Lipinski definition) is 7. The summed E-state index contributed by atoms with van der Waals surface area (Å²) in [5.41, 5.74) is 5.74. The average molecular weight is 459 g/mol. The number of amides is 1. The van der Waals surface area contributed by atoms with E-state index in [1.54, 1.807) is 13.1 Å². The number of carbonyl (C=O) groups excluding carboxylic acids is 1. The molecule has 8 nitrogen and oxygen atoms in total. The monoisotopic (exact) mass is 459 g/mol. The third-order valence-corrected chi connectivity index (χ3v) is 5.37. The zero-order valence-electron chi connectivity index (χ0n) is 18.0. The molecule has 1 fully saturated rings. The topological polar surface area (TPSA) is 109 Å². The van der Waals surface area contributed by atoms with Gasteiger partial charge in [-0.2, -0.15) is 18.2 Å². The Morgan fingerprint density at radius 1 is 1.15 bits per heavy atom. The maximum atomic E-state index is 13.2. The molecule has 0 atom stereocenters. The minimum atomic E-state index is -4.50. The highest BCUT2D eigenvalue weighted by Gasteiger charge is 2.31. The first-order valence-corrected chi connectivity index (χ1v) is 10.7. The Hall–Kier alpha value is -3.63. The van der Waals surface area contributed by atoms with Gasteiger partial charge in [0.25, 0.3) is 0 Å². The van der Waals surface area contributed by atoms with Crippen molar-refractivity contribution < 1.29 is 18.0 Å². The molecule has 0 unspecified atom stereocenters. The smallest absolute Gasteiger partial charge is 0.399 e. The van der Waals surface area contributed by atoms with Gasteiger partial charge < -0.3 is 16.0 Å². The SMILES string of the molecule is CCC(=O)Nc1nc(NCc2cc(N)cc(C(F)(F)F)c2)c2cc(N3CCCC3)ncc2n1. The molecule has 0 radical (unpaired) electrons. The third kappa shape index (κ3) is 5.24. The lowest BCUT2D eigenvalue weighted by atomic mass is 10.1. The van der Waals surface area contributed by atoms with Crippen molar-refractivity contribution in [1.82, 2.24) is 15.0 Å². The molecule has 3 aromatic rings. The molecule has 2 aromatic heterocycles. The van der Waals surface area contributed by atoms with Crippen molar-refractivity contribution in [2.24, 2.45) is 0 Å². The van der Waals surface area contributed by atoms with Crippen LogP contribution in [0.2, 0.25) is 0 Å². The van der Waals surface area contributed by atoms with E-state index in [-0.39, 0.29) is 30.5 Å². The molecule has 0 bridgehead atoms. The maximum Gasteiger partial charge on any atom is 0.416 e. The zero-order chi connectivity index (χ0) is 23.6. The number of halogens is 3. The van der Waals surface area contributed by atoms with Crippen LogP contribution in [-0.2, 0) is 17.5 Å². The number of hydrogen-bond donors (Lipinski definition) is 3. The highest BCUT2D eigenvalue weighted by atomic mass is 19.4.